The first kappa shape index (κ1) is 24.5. The van der Waals surface area contributed by atoms with E-state index >= 15 is 0 Å². The van der Waals surface area contributed by atoms with Gasteiger partial charge in [-0.05, 0) is 66.5 Å². The number of hydrogen-bond acceptors (Lipinski definition) is 5. The van der Waals surface area contributed by atoms with Crippen molar-refractivity contribution in [2.45, 2.75) is 6.92 Å². The summed E-state index contributed by atoms with van der Waals surface area (Å²) < 4.78 is 0. The molecule has 1 aliphatic rings. The Morgan fingerprint density at radius 2 is 1.76 bits per heavy atom. The van der Waals surface area contributed by atoms with Crippen LogP contribution in [0.15, 0.2) is 53.9 Å². The molecule has 2 aromatic carbocycles. The first-order valence-electron chi connectivity index (χ1n) is 10.6. The highest BCUT2D eigenvalue weighted by Crippen LogP contribution is 2.30. The number of thiocarbonyl (C=S) groups is 1. The van der Waals surface area contributed by atoms with Crippen molar-refractivity contribution in [2.24, 2.45) is 0 Å². The molecule has 0 atom stereocenters. The Balaban J connectivity index is 1.33. The van der Waals surface area contributed by atoms with E-state index in [4.69, 9.17) is 35.4 Å². The van der Waals surface area contributed by atoms with Crippen LogP contribution in [0.1, 0.15) is 25.6 Å². The number of anilines is 2. The van der Waals surface area contributed by atoms with E-state index in [1.807, 2.05) is 47.5 Å². The van der Waals surface area contributed by atoms with Crippen LogP contribution in [-0.2, 0) is 0 Å². The molecule has 0 bridgehead atoms. The minimum atomic E-state index is -0.389. The predicted octanol–water partition coefficient (Wildman–Crippen LogP) is 5.45. The highest BCUT2D eigenvalue weighted by Gasteiger charge is 2.24. The number of benzene rings is 2. The summed E-state index contributed by atoms with van der Waals surface area (Å²) in [5.74, 6) is -0.317. The van der Waals surface area contributed by atoms with Gasteiger partial charge in [-0.3, -0.25) is 14.9 Å². The Hall–Kier alpha value is -2.65. The van der Waals surface area contributed by atoms with Crippen molar-refractivity contribution in [1.82, 2.24) is 10.2 Å². The zero-order valence-electron chi connectivity index (χ0n) is 18.3. The molecule has 1 aliphatic heterocycles. The standard InChI is InChI=1S/C24H22Cl2N4O2S2/c1-15-4-6-17(18(25)13-15)22(31)28-24(33)27-16-5-7-20(19(26)14-16)29-8-10-30(11-9-29)23(32)21-3-2-12-34-21/h2-7,12-14H,8-11H2,1H3,(H2,27,28,31,33). The van der Waals surface area contributed by atoms with Crippen LogP contribution < -0.4 is 15.5 Å². The predicted molar refractivity (Wildman–Crippen MR) is 144 cm³/mol. The molecule has 2 N–H and O–H groups in total. The molecule has 34 heavy (non-hydrogen) atoms. The lowest BCUT2D eigenvalue weighted by Crippen LogP contribution is -2.48. The quantitative estimate of drug-likeness (QED) is 0.437. The van der Waals surface area contributed by atoms with Gasteiger partial charge in [0.2, 0.25) is 0 Å². The van der Waals surface area contributed by atoms with Gasteiger partial charge in [0.1, 0.15) is 0 Å². The minimum Gasteiger partial charge on any atom is -0.367 e. The third-order valence-electron chi connectivity index (χ3n) is 5.44. The lowest BCUT2D eigenvalue weighted by atomic mass is 10.1. The summed E-state index contributed by atoms with van der Waals surface area (Å²) in [6, 6.07) is 14.5. The Morgan fingerprint density at radius 1 is 1.00 bits per heavy atom. The summed E-state index contributed by atoms with van der Waals surface area (Å²) in [6.07, 6.45) is 0. The zero-order valence-corrected chi connectivity index (χ0v) is 21.5. The molecular formula is C24H22Cl2N4O2S2. The van der Waals surface area contributed by atoms with Gasteiger partial charge < -0.3 is 15.1 Å². The number of aryl methyl sites for hydroxylation is 1. The van der Waals surface area contributed by atoms with Crippen LogP contribution in [0, 0.1) is 6.92 Å². The molecule has 3 aromatic rings. The van der Waals surface area contributed by atoms with Crippen LogP contribution in [0.25, 0.3) is 0 Å². The summed E-state index contributed by atoms with van der Waals surface area (Å²) >= 11 is 19.5. The number of nitrogens with one attached hydrogen (secondary N) is 2. The first-order valence-corrected chi connectivity index (χ1v) is 12.6. The van der Waals surface area contributed by atoms with Crippen molar-refractivity contribution < 1.29 is 9.59 Å². The van der Waals surface area contributed by atoms with Gasteiger partial charge in [0.05, 0.1) is 26.2 Å². The molecule has 0 aliphatic carbocycles. The van der Waals surface area contributed by atoms with E-state index in [0.717, 1.165) is 16.1 Å². The number of halogens is 2. The first-order chi connectivity index (χ1) is 16.3. The third kappa shape index (κ3) is 5.70. The molecule has 1 fully saturated rings. The van der Waals surface area contributed by atoms with Crippen molar-refractivity contribution in [1.29, 1.82) is 0 Å². The molecule has 0 spiro atoms. The molecule has 0 radical (unpaired) electrons. The lowest BCUT2D eigenvalue weighted by Gasteiger charge is -2.36. The number of piperazine rings is 1. The number of amides is 2. The second-order valence-corrected chi connectivity index (χ2v) is 9.98. The Bertz CT molecular complexity index is 1230. The average Bonchev–Trinajstić information content (AvgIpc) is 3.34. The van der Waals surface area contributed by atoms with Crippen LogP contribution in [0.3, 0.4) is 0 Å². The van der Waals surface area contributed by atoms with E-state index in [9.17, 15) is 9.59 Å². The van der Waals surface area contributed by atoms with Crippen LogP contribution in [0.5, 0.6) is 0 Å². The summed E-state index contributed by atoms with van der Waals surface area (Å²) in [5, 5.41) is 8.59. The monoisotopic (exact) mass is 532 g/mol. The van der Waals surface area contributed by atoms with Gasteiger partial charge >= 0.3 is 0 Å². The molecule has 6 nitrogen and oxygen atoms in total. The van der Waals surface area contributed by atoms with E-state index in [-0.39, 0.29) is 16.9 Å². The van der Waals surface area contributed by atoms with Crippen molar-refractivity contribution in [3.63, 3.8) is 0 Å². The molecule has 10 heteroatoms. The second kappa shape index (κ2) is 10.7. The zero-order chi connectivity index (χ0) is 24.2. The fraction of sp³-hybridized carbons (Fsp3) is 0.208. The Kier molecular flexibility index (Phi) is 7.73. The van der Waals surface area contributed by atoms with Crippen molar-refractivity contribution >= 4 is 75.1 Å². The number of carbonyl (C=O) groups is 2. The number of thiophene rings is 1. The van der Waals surface area contributed by atoms with Gasteiger partial charge in [0.25, 0.3) is 11.8 Å². The van der Waals surface area contributed by atoms with E-state index in [1.54, 1.807) is 18.2 Å². The molecule has 0 unspecified atom stereocenters. The van der Waals surface area contributed by atoms with E-state index < -0.39 is 0 Å². The third-order valence-corrected chi connectivity index (χ3v) is 7.12. The van der Waals surface area contributed by atoms with Crippen LogP contribution in [0.4, 0.5) is 11.4 Å². The number of carbonyl (C=O) groups excluding carboxylic acids is 2. The van der Waals surface area contributed by atoms with Gasteiger partial charge in [-0.15, -0.1) is 11.3 Å². The Labute approximate surface area is 217 Å². The largest absolute Gasteiger partial charge is 0.367 e. The summed E-state index contributed by atoms with van der Waals surface area (Å²) in [6.45, 7) is 4.54. The van der Waals surface area contributed by atoms with Crippen LogP contribution >= 0.6 is 46.8 Å². The molecule has 1 aromatic heterocycles. The molecule has 2 amide bonds. The number of hydrogen-bond donors (Lipinski definition) is 2. The van der Waals surface area contributed by atoms with Crippen molar-refractivity contribution in [3.8, 4) is 0 Å². The fourth-order valence-corrected chi connectivity index (χ4v) is 5.21. The SMILES string of the molecule is Cc1ccc(C(=O)NC(=S)Nc2ccc(N3CCN(C(=O)c4cccs4)CC3)c(Cl)c2)c(Cl)c1. The topological polar surface area (TPSA) is 64.7 Å². The molecule has 4 rings (SSSR count). The van der Waals surface area contributed by atoms with Gasteiger partial charge in [-0.1, -0.05) is 35.3 Å². The second-order valence-electron chi connectivity index (χ2n) is 7.81. The van der Waals surface area contributed by atoms with Gasteiger partial charge in [-0.2, -0.15) is 0 Å². The summed E-state index contributed by atoms with van der Waals surface area (Å²) in [4.78, 5) is 29.8. The van der Waals surface area contributed by atoms with E-state index in [0.29, 0.717) is 47.5 Å². The van der Waals surface area contributed by atoms with Gasteiger partial charge in [-0.25, -0.2) is 0 Å². The maximum atomic E-state index is 12.6. The number of nitrogens with zero attached hydrogens (tertiary/aromatic N) is 2. The molecule has 2 heterocycles. The highest BCUT2D eigenvalue weighted by atomic mass is 35.5. The number of rotatable bonds is 4. The Morgan fingerprint density at radius 3 is 2.41 bits per heavy atom. The van der Waals surface area contributed by atoms with Crippen LogP contribution in [-0.4, -0.2) is 48.0 Å². The molecule has 176 valence electrons. The molecule has 0 saturated carbocycles. The maximum absolute atomic E-state index is 12.6. The van der Waals surface area contributed by atoms with Crippen LogP contribution in [0.2, 0.25) is 10.0 Å². The van der Waals surface area contributed by atoms with E-state index in [1.165, 1.54) is 11.3 Å². The van der Waals surface area contributed by atoms with E-state index in [2.05, 4.69) is 15.5 Å². The van der Waals surface area contributed by atoms with Crippen molar-refractivity contribution in [3.05, 3.63) is 80.0 Å². The molecule has 1 saturated heterocycles. The summed E-state index contributed by atoms with van der Waals surface area (Å²) in [5.41, 5.74) is 2.85. The average molecular weight is 534 g/mol. The smallest absolute Gasteiger partial charge is 0.264 e. The summed E-state index contributed by atoms with van der Waals surface area (Å²) in [7, 11) is 0. The normalized spacial score (nSPS) is 13.5. The van der Waals surface area contributed by atoms with Crippen molar-refractivity contribution in [2.75, 3.05) is 36.4 Å². The highest BCUT2D eigenvalue weighted by molar-refractivity contribution is 7.80. The lowest BCUT2D eigenvalue weighted by molar-refractivity contribution is 0.0751. The molecular weight excluding hydrogens is 511 g/mol. The van der Waals surface area contributed by atoms with Gasteiger partial charge in [0, 0.05) is 31.9 Å². The fourth-order valence-electron chi connectivity index (χ4n) is 3.68. The maximum Gasteiger partial charge on any atom is 0.264 e. The minimum absolute atomic E-state index is 0.0720. The van der Waals surface area contributed by atoms with Gasteiger partial charge in [0.15, 0.2) is 5.11 Å².